The Labute approximate surface area is 234 Å². The van der Waals surface area contributed by atoms with Crippen LogP contribution in [0.5, 0.6) is 5.75 Å². The third-order valence-electron chi connectivity index (χ3n) is 8.45. The van der Waals surface area contributed by atoms with Crippen molar-refractivity contribution in [3.05, 3.63) is 81.4 Å². The molecule has 4 aromatic rings. The number of nitrogens with one attached hydrogen (secondary N) is 1. The topological polar surface area (TPSA) is 98.2 Å². The number of methoxy groups -OCH3 is 1. The molecule has 40 heavy (non-hydrogen) atoms. The van der Waals surface area contributed by atoms with E-state index < -0.39 is 6.04 Å². The molecule has 9 nitrogen and oxygen atoms in total. The molecule has 0 unspecified atom stereocenters. The van der Waals surface area contributed by atoms with E-state index >= 15 is 0 Å². The number of nitrogens with zero attached hydrogens (tertiary/aromatic N) is 5. The lowest BCUT2D eigenvalue weighted by molar-refractivity contribution is 0.0569. The van der Waals surface area contributed by atoms with Crippen molar-refractivity contribution in [2.24, 2.45) is 0 Å². The molecule has 0 spiro atoms. The lowest BCUT2D eigenvalue weighted by Gasteiger charge is -2.33. The summed E-state index contributed by atoms with van der Waals surface area (Å²) >= 11 is 0. The van der Waals surface area contributed by atoms with Crippen molar-refractivity contribution in [1.82, 2.24) is 30.1 Å². The standard InChI is InChI=1S/C31H38N6O3/c1-3-21-12-15-28-23(17-21)18-27(31(38)32-28)29(30-33-34-35-37(30)24-7-4-5-8-24)36(20-26-9-6-16-40-26)19-22-10-13-25(39-2)14-11-22/h10-15,17-18,24,26,29H,3-9,16,19-20H2,1-2H3,(H,32,38)/t26-,29+/m0/s1. The normalized spacial score (nSPS) is 18.6. The molecule has 2 aromatic heterocycles. The van der Waals surface area contributed by atoms with Crippen LogP contribution in [0.1, 0.15) is 80.0 Å². The van der Waals surface area contributed by atoms with E-state index in [1.807, 2.05) is 28.9 Å². The Morgan fingerprint density at radius 2 is 1.88 bits per heavy atom. The van der Waals surface area contributed by atoms with Gasteiger partial charge < -0.3 is 14.5 Å². The van der Waals surface area contributed by atoms with Crippen molar-refractivity contribution >= 4 is 10.9 Å². The van der Waals surface area contributed by atoms with E-state index in [0.717, 1.165) is 79.6 Å². The predicted molar refractivity (Wildman–Crippen MR) is 153 cm³/mol. The molecule has 0 amide bonds. The molecule has 6 rings (SSSR count). The Bertz CT molecular complexity index is 1490. The minimum absolute atomic E-state index is 0.0859. The number of benzene rings is 2. The molecule has 0 bridgehead atoms. The molecule has 1 N–H and O–H groups in total. The van der Waals surface area contributed by atoms with Crippen molar-refractivity contribution in [1.29, 1.82) is 0 Å². The maximum absolute atomic E-state index is 13.8. The van der Waals surface area contributed by atoms with Crippen LogP contribution in [0.2, 0.25) is 0 Å². The number of H-pyrrole nitrogens is 1. The van der Waals surface area contributed by atoms with Crippen LogP contribution in [-0.4, -0.2) is 56.5 Å². The molecule has 1 saturated carbocycles. The molecule has 2 aliphatic rings. The van der Waals surface area contributed by atoms with Gasteiger partial charge in [-0.25, -0.2) is 4.68 Å². The lowest BCUT2D eigenvalue weighted by atomic mass is 10.00. The molecular weight excluding hydrogens is 504 g/mol. The van der Waals surface area contributed by atoms with Crippen molar-refractivity contribution in [2.45, 2.75) is 76.6 Å². The second-order valence-electron chi connectivity index (χ2n) is 11.1. The van der Waals surface area contributed by atoms with Gasteiger partial charge >= 0.3 is 0 Å². The molecule has 1 saturated heterocycles. The summed E-state index contributed by atoms with van der Waals surface area (Å²) in [5.41, 5.74) is 3.72. The Balaban J connectivity index is 1.49. The van der Waals surface area contributed by atoms with E-state index in [4.69, 9.17) is 9.47 Å². The van der Waals surface area contributed by atoms with Crippen LogP contribution in [-0.2, 0) is 17.7 Å². The molecule has 2 aromatic carbocycles. The van der Waals surface area contributed by atoms with E-state index in [9.17, 15) is 4.79 Å². The average molecular weight is 543 g/mol. The zero-order valence-corrected chi connectivity index (χ0v) is 23.4. The molecule has 2 atom stereocenters. The summed E-state index contributed by atoms with van der Waals surface area (Å²) < 4.78 is 13.5. The van der Waals surface area contributed by atoms with Crippen LogP contribution >= 0.6 is 0 Å². The van der Waals surface area contributed by atoms with Gasteiger partial charge in [0.1, 0.15) is 11.8 Å². The Hall–Kier alpha value is -3.56. The number of hydrogen-bond donors (Lipinski definition) is 1. The quantitative estimate of drug-likeness (QED) is 0.302. The predicted octanol–water partition coefficient (Wildman–Crippen LogP) is 4.97. The number of tetrazole rings is 1. The number of aryl methyl sites for hydroxylation is 1. The highest BCUT2D eigenvalue weighted by molar-refractivity contribution is 5.80. The van der Waals surface area contributed by atoms with E-state index in [-0.39, 0.29) is 17.7 Å². The monoisotopic (exact) mass is 542 g/mol. The average Bonchev–Trinajstić information content (AvgIpc) is 3.77. The highest BCUT2D eigenvalue weighted by atomic mass is 16.5. The van der Waals surface area contributed by atoms with Crippen LogP contribution < -0.4 is 10.3 Å². The minimum Gasteiger partial charge on any atom is -0.497 e. The van der Waals surface area contributed by atoms with Gasteiger partial charge in [0.25, 0.3) is 5.56 Å². The molecule has 210 valence electrons. The number of ether oxygens (including phenoxy) is 2. The number of aromatic amines is 1. The van der Waals surface area contributed by atoms with Gasteiger partial charge in [0.2, 0.25) is 0 Å². The van der Waals surface area contributed by atoms with Crippen LogP contribution in [0.3, 0.4) is 0 Å². The summed E-state index contributed by atoms with van der Waals surface area (Å²) in [4.78, 5) is 19.3. The first-order valence-corrected chi connectivity index (χ1v) is 14.5. The van der Waals surface area contributed by atoms with Crippen LogP contribution in [0.25, 0.3) is 10.9 Å². The van der Waals surface area contributed by atoms with Gasteiger partial charge in [0.15, 0.2) is 5.82 Å². The highest BCUT2D eigenvalue weighted by Crippen LogP contribution is 2.35. The van der Waals surface area contributed by atoms with E-state index in [1.165, 1.54) is 5.56 Å². The van der Waals surface area contributed by atoms with Crippen molar-refractivity contribution in [2.75, 3.05) is 20.3 Å². The van der Waals surface area contributed by atoms with Crippen LogP contribution in [0, 0.1) is 0 Å². The van der Waals surface area contributed by atoms with E-state index in [0.29, 0.717) is 18.7 Å². The van der Waals surface area contributed by atoms with Crippen LogP contribution in [0.4, 0.5) is 0 Å². The van der Waals surface area contributed by atoms with Gasteiger partial charge in [-0.1, -0.05) is 38.0 Å². The fourth-order valence-corrected chi connectivity index (χ4v) is 6.26. The van der Waals surface area contributed by atoms with Gasteiger partial charge in [-0.15, -0.1) is 5.10 Å². The third-order valence-corrected chi connectivity index (χ3v) is 8.45. The highest BCUT2D eigenvalue weighted by Gasteiger charge is 2.35. The number of aromatic nitrogens is 5. The first kappa shape index (κ1) is 26.7. The molecule has 1 aliphatic carbocycles. The molecular formula is C31H38N6O3. The van der Waals surface area contributed by atoms with Crippen molar-refractivity contribution < 1.29 is 9.47 Å². The zero-order valence-electron chi connectivity index (χ0n) is 23.4. The van der Waals surface area contributed by atoms with E-state index in [2.05, 4.69) is 56.6 Å². The summed E-state index contributed by atoms with van der Waals surface area (Å²) in [5.74, 6) is 1.53. The third kappa shape index (κ3) is 5.53. The largest absolute Gasteiger partial charge is 0.497 e. The first-order valence-electron chi connectivity index (χ1n) is 14.5. The van der Waals surface area contributed by atoms with Gasteiger partial charge in [-0.05, 0) is 89.4 Å². The summed E-state index contributed by atoms with van der Waals surface area (Å²) in [6, 6.07) is 16.2. The van der Waals surface area contributed by atoms with Crippen LogP contribution in [0.15, 0.2) is 53.3 Å². The Kier molecular flexibility index (Phi) is 7.93. The maximum atomic E-state index is 13.8. The Morgan fingerprint density at radius 1 is 1.07 bits per heavy atom. The van der Waals surface area contributed by atoms with Gasteiger partial charge in [-0.3, -0.25) is 9.69 Å². The van der Waals surface area contributed by atoms with Gasteiger partial charge in [0.05, 0.1) is 19.3 Å². The number of hydrogen-bond acceptors (Lipinski definition) is 7. The number of pyridine rings is 1. The fourth-order valence-electron chi connectivity index (χ4n) is 6.26. The number of rotatable bonds is 10. The maximum Gasteiger partial charge on any atom is 0.253 e. The smallest absolute Gasteiger partial charge is 0.253 e. The second-order valence-corrected chi connectivity index (χ2v) is 11.1. The molecule has 3 heterocycles. The summed E-state index contributed by atoms with van der Waals surface area (Å²) in [5, 5.41) is 14.2. The zero-order chi connectivity index (χ0) is 27.5. The van der Waals surface area contributed by atoms with Crippen molar-refractivity contribution in [3.8, 4) is 5.75 Å². The van der Waals surface area contributed by atoms with E-state index in [1.54, 1.807) is 7.11 Å². The number of fused-ring (bicyclic) bond motifs is 1. The molecule has 2 fully saturated rings. The molecule has 9 heteroatoms. The first-order chi connectivity index (χ1) is 19.6. The van der Waals surface area contributed by atoms with Gasteiger partial charge in [-0.2, -0.15) is 0 Å². The summed E-state index contributed by atoms with van der Waals surface area (Å²) in [6.07, 6.45) is 7.47. The second kappa shape index (κ2) is 11.9. The van der Waals surface area contributed by atoms with Gasteiger partial charge in [0, 0.05) is 30.8 Å². The molecule has 0 radical (unpaired) electrons. The Morgan fingerprint density at radius 3 is 2.60 bits per heavy atom. The fraction of sp³-hybridized carbons (Fsp3) is 0.484. The SMILES string of the molecule is CCc1ccc2[nH]c(=O)c([C@H](c3nnnn3C3CCCC3)N(Cc3ccc(OC)cc3)C[C@@H]3CCCO3)cc2c1. The van der Waals surface area contributed by atoms with Crippen molar-refractivity contribution in [3.63, 3.8) is 0 Å². The summed E-state index contributed by atoms with van der Waals surface area (Å²) in [6.45, 7) is 4.19. The molecule has 1 aliphatic heterocycles. The lowest BCUT2D eigenvalue weighted by Crippen LogP contribution is -2.39. The summed E-state index contributed by atoms with van der Waals surface area (Å²) in [7, 11) is 1.67. The minimum atomic E-state index is -0.444.